The molecule has 0 aliphatic carbocycles. The van der Waals surface area contributed by atoms with Gasteiger partial charge in [0.2, 0.25) is 21.8 Å². The normalized spacial score (nSPS) is 12.6. The highest BCUT2D eigenvalue weighted by Crippen LogP contribution is 2.23. The zero-order chi connectivity index (χ0) is 20.9. The molecule has 0 heterocycles. The summed E-state index contributed by atoms with van der Waals surface area (Å²) in [6.07, 6.45) is 0. The molecule has 28 heavy (non-hydrogen) atoms. The van der Waals surface area contributed by atoms with Gasteiger partial charge in [-0.2, -0.15) is 4.31 Å². The number of aryl methyl sites for hydroxylation is 1. The molecule has 4 N–H and O–H groups in total. The maximum Gasteiger partial charge on any atom is 0.243 e. The maximum absolute atomic E-state index is 12.6. The fraction of sp³-hybridized carbons (Fsp3) is 0.556. The molecule has 1 rings (SSSR count). The molecule has 1 aromatic carbocycles. The quantitative estimate of drug-likeness (QED) is 0.572. The van der Waals surface area contributed by atoms with Gasteiger partial charge in [0.25, 0.3) is 0 Å². The predicted octanol–water partition coefficient (Wildman–Crippen LogP) is 1.48. The third-order valence-electron chi connectivity index (χ3n) is 4.33. The van der Waals surface area contributed by atoms with Crippen LogP contribution in [0.25, 0.3) is 0 Å². The Hall–Kier alpha value is -1.68. The molecule has 160 valence electrons. The highest BCUT2D eigenvalue weighted by atomic mass is 35.5. The summed E-state index contributed by atoms with van der Waals surface area (Å²) in [7, 11) is -2.16. The maximum atomic E-state index is 12.6. The van der Waals surface area contributed by atoms with E-state index in [1.165, 1.54) is 23.5 Å². The summed E-state index contributed by atoms with van der Waals surface area (Å²) in [5, 5.41) is 5.12. The number of rotatable bonds is 8. The SMILES string of the molecule is Cc1ccc(S(=O)(=O)N(C)C(C)C)cc1NC(=O)CNC(=O)[C@@H](N)C(C)C.Cl. The Morgan fingerprint density at radius 3 is 2.25 bits per heavy atom. The standard InChI is InChI=1S/C18H30N4O4S.ClH/c1-11(2)17(19)18(24)20-10-16(23)21-15-9-14(8-7-13(15)5)27(25,26)22(6)12(3)4;/h7-9,11-12,17H,10,19H2,1-6H3,(H,20,24)(H,21,23);1H/t17-;/m0./s1. The van der Waals surface area contributed by atoms with Crippen LogP contribution in [0.5, 0.6) is 0 Å². The van der Waals surface area contributed by atoms with Gasteiger partial charge >= 0.3 is 0 Å². The number of nitrogens with zero attached hydrogens (tertiary/aromatic N) is 1. The monoisotopic (exact) mass is 434 g/mol. The molecule has 1 aromatic rings. The van der Waals surface area contributed by atoms with E-state index in [0.29, 0.717) is 11.3 Å². The molecule has 0 unspecified atom stereocenters. The Morgan fingerprint density at radius 2 is 1.75 bits per heavy atom. The average Bonchev–Trinajstić information content (AvgIpc) is 2.59. The van der Waals surface area contributed by atoms with Crippen LogP contribution in [0.15, 0.2) is 23.1 Å². The average molecular weight is 435 g/mol. The number of benzene rings is 1. The number of anilines is 1. The van der Waals surface area contributed by atoms with Gasteiger partial charge in [0.15, 0.2) is 0 Å². The molecule has 0 aromatic heterocycles. The lowest BCUT2D eigenvalue weighted by Crippen LogP contribution is -2.46. The number of hydrogen-bond acceptors (Lipinski definition) is 5. The molecule has 10 heteroatoms. The molecule has 0 radical (unpaired) electrons. The minimum absolute atomic E-state index is 0. The molecule has 1 atom stereocenters. The molecular formula is C18H31ClN4O4S. The van der Waals surface area contributed by atoms with E-state index in [9.17, 15) is 18.0 Å². The van der Waals surface area contributed by atoms with Gasteiger partial charge in [-0.1, -0.05) is 19.9 Å². The topological polar surface area (TPSA) is 122 Å². The van der Waals surface area contributed by atoms with E-state index in [2.05, 4.69) is 10.6 Å². The lowest BCUT2D eigenvalue weighted by atomic mass is 10.1. The molecule has 0 spiro atoms. The van der Waals surface area contributed by atoms with E-state index in [0.717, 1.165) is 0 Å². The first-order valence-corrected chi connectivity index (χ1v) is 10.2. The molecular weight excluding hydrogens is 404 g/mol. The van der Waals surface area contributed by atoms with Crippen molar-refractivity contribution in [2.24, 2.45) is 11.7 Å². The van der Waals surface area contributed by atoms with Gasteiger partial charge in [0.05, 0.1) is 17.5 Å². The van der Waals surface area contributed by atoms with Crippen LogP contribution < -0.4 is 16.4 Å². The summed E-state index contributed by atoms with van der Waals surface area (Å²) in [5.74, 6) is -0.920. The van der Waals surface area contributed by atoms with Crippen LogP contribution in [0, 0.1) is 12.8 Å². The van der Waals surface area contributed by atoms with E-state index in [1.807, 2.05) is 13.8 Å². The third kappa shape index (κ3) is 6.73. The van der Waals surface area contributed by atoms with Gasteiger partial charge < -0.3 is 16.4 Å². The van der Waals surface area contributed by atoms with Crippen LogP contribution >= 0.6 is 12.4 Å². The molecule has 8 nitrogen and oxygen atoms in total. The Kier molecular flexibility index (Phi) is 10.1. The molecule has 0 saturated heterocycles. The summed E-state index contributed by atoms with van der Waals surface area (Å²) in [5.41, 5.74) is 6.81. The van der Waals surface area contributed by atoms with E-state index in [-0.39, 0.29) is 35.8 Å². The van der Waals surface area contributed by atoms with Gasteiger partial charge in [-0.3, -0.25) is 9.59 Å². The Balaban J connectivity index is 0.00000729. The zero-order valence-electron chi connectivity index (χ0n) is 17.1. The van der Waals surface area contributed by atoms with E-state index in [1.54, 1.807) is 26.8 Å². The Bertz CT molecular complexity index is 797. The van der Waals surface area contributed by atoms with Gasteiger partial charge in [-0.25, -0.2) is 8.42 Å². The van der Waals surface area contributed by atoms with Crippen molar-refractivity contribution in [3.05, 3.63) is 23.8 Å². The summed E-state index contributed by atoms with van der Waals surface area (Å²) in [6, 6.07) is 3.66. The Labute approximate surface area is 173 Å². The van der Waals surface area contributed by atoms with Crippen LogP contribution in [-0.4, -0.2) is 50.2 Å². The van der Waals surface area contributed by atoms with Gasteiger partial charge in [-0.05, 0) is 44.4 Å². The summed E-state index contributed by atoms with van der Waals surface area (Å²) in [4.78, 5) is 24.1. The number of nitrogens with two attached hydrogens (primary N) is 1. The summed E-state index contributed by atoms with van der Waals surface area (Å²) < 4.78 is 26.5. The third-order valence-corrected chi connectivity index (χ3v) is 6.36. The predicted molar refractivity (Wildman–Crippen MR) is 113 cm³/mol. The van der Waals surface area contributed by atoms with Crippen LogP contribution in [-0.2, 0) is 19.6 Å². The first-order chi connectivity index (χ1) is 12.4. The summed E-state index contributed by atoms with van der Waals surface area (Å²) >= 11 is 0. The second kappa shape index (κ2) is 10.8. The number of nitrogens with one attached hydrogen (secondary N) is 2. The van der Waals surface area contributed by atoms with Gasteiger partial charge in [-0.15, -0.1) is 12.4 Å². The minimum atomic E-state index is -3.66. The van der Waals surface area contributed by atoms with Crippen LogP contribution in [0.3, 0.4) is 0 Å². The number of carbonyl (C=O) groups excluding carboxylic acids is 2. The fourth-order valence-electron chi connectivity index (χ4n) is 2.12. The van der Waals surface area contributed by atoms with E-state index < -0.39 is 27.9 Å². The lowest BCUT2D eigenvalue weighted by Gasteiger charge is -2.21. The van der Waals surface area contributed by atoms with E-state index in [4.69, 9.17) is 5.73 Å². The van der Waals surface area contributed by atoms with Crippen molar-refractivity contribution in [3.8, 4) is 0 Å². The molecule has 0 fully saturated rings. The van der Waals surface area contributed by atoms with Crippen molar-refractivity contribution < 1.29 is 18.0 Å². The number of sulfonamides is 1. The molecule has 0 aliphatic heterocycles. The van der Waals surface area contributed by atoms with E-state index >= 15 is 0 Å². The van der Waals surface area contributed by atoms with Crippen molar-refractivity contribution in [1.29, 1.82) is 0 Å². The number of halogens is 1. The second-order valence-corrected chi connectivity index (χ2v) is 9.13. The fourth-order valence-corrected chi connectivity index (χ4v) is 3.52. The van der Waals surface area contributed by atoms with Crippen molar-refractivity contribution in [1.82, 2.24) is 9.62 Å². The minimum Gasteiger partial charge on any atom is -0.346 e. The zero-order valence-corrected chi connectivity index (χ0v) is 18.8. The smallest absolute Gasteiger partial charge is 0.243 e. The number of hydrogen-bond donors (Lipinski definition) is 3. The van der Waals surface area contributed by atoms with Crippen molar-refractivity contribution in [3.63, 3.8) is 0 Å². The first-order valence-electron chi connectivity index (χ1n) is 8.79. The molecule has 2 amide bonds. The van der Waals surface area contributed by atoms with Crippen molar-refractivity contribution >= 4 is 39.9 Å². The van der Waals surface area contributed by atoms with Crippen LogP contribution in [0.1, 0.15) is 33.3 Å². The van der Waals surface area contributed by atoms with Crippen molar-refractivity contribution in [2.75, 3.05) is 18.9 Å². The highest BCUT2D eigenvalue weighted by Gasteiger charge is 2.24. The first kappa shape index (κ1) is 26.3. The van der Waals surface area contributed by atoms with Crippen molar-refractivity contribution in [2.45, 2.75) is 51.6 Å². The number of carbonyl (C=O) groups is 2. The summed E-state index contributed by atoms with van der Waals surface area (Å²) in [6.45, 7) is 8.69. The lowest BCUT2D eigenvalue weighted by molar-refractivity contribution is -0.125. The van der Waals surface area contributed by atoms with Gasteiger partial charge in [0, 0.05) is 18.8 Å². The molecule has 0 aliphatic rings. The Morgan fingerprint density at radius 1 is 1.18 bits per heavy atom. The molecule has 0 saturated carbocycles. The largest absolute Gasteiger partial charge is 0.346 e. The van der Waals surface area contributed by atoms with Gasteiger partial charge in [0.1, 0.15) is 0 Å². The highest BCUT2D eigenvalue weighted by molar-refractivity contribution is 7.89. The van der Waals surface area contributed by atoms with Crippen LogP contribution in [0.2, 0.25) is 0 Å². The van der Waals surface area contributed by atoms with Crippen LogP contribution in [0.4, 0.5) is 5.69 Å². The number of amides is 2. The molecule has 0 bridgehead atoms. The second-order valence-electron chi connectivity index (χ2n) is 7.13.